The Balaban J connectivity index is 0.00000169. The summed E-state index contributed by atoms with van der Waals surface area (Å²) >= 11 is 0. The second kappa shape index (κ2) is 10.4. The molecule has 2 atom stereocenters. The molecule has 2 unspecified atom stereocenters. The van der Waals surface area contributed by atoms with Gasteiger partial charge in [0.05, 0.1) is 0 Å². The van der Waals surface area contributed by atoms with E-state index in [1.165, 1.54) is 0 Å². The smallest absolute Gasteiger partial charge is 0.254 e. The zero-order valence-corrected chi connectivity index (χ0v) is 16.3. The number of nitrogens with zero attached hydrogens (tertiary/aromatic N) is 2. The Labute approximate surface area is 166 Å². The van der Waals surface area contributed by atoms with Crippen LogP contribution in [0.15, 0.2) is 48.8 Å². The average molecular weight is 398 g/mol. The molecule has 7 heteroatoms. The molecule has 0 radical (unpaired) electrons. The standard InChI is InChI=1S/C19H23N3O2.2ClH/c1-14-8-16(10-20)12-22(14)19(23)17-5-2-6-18(9-17)24-13-15-4-3-7-21-11-15;;/h2-7,9,11,14,16H,8,10,12-13,20H2,1H3;2*1H. The van der Waals surface area contributed by atoms with E-state index in [1.54, 1.807) is 18.5 Å². The molecular weight excluding hydrogens is 373 g/mol. The fourth-order valence-corrected chi connectivity index (χ4v) is 3.13. The molecule has 1 aromatic heterocycles. The second-order valence-corrected chi connectivity index (χ2v) is 6.32. The molecule has 0 saturated carbocycles. The number of rotatable bonds is 5. The minimum atomic E-state index is 0. The van der Waals surface area contributed by atoms with Crippen LogP contribution in [0, 0.1) is 5.92 Å². The predicted molar refractivity (Wildman–Crippen MR) is 107 cm³/mol. The van der Waals surface area contributed by atoms with Crippen molar-refractivity contribution in [3.8, 4) is 5.75 Å². The summed E-state index contributed by atoms with van der Waals surface area (Å²) in [5, 5.41) is 0. The molecule has 3 rings (SSSR count). The van der Waals surface area contributed by atoms with Gasteiger partial charge in [-0.15, -0.1) is 24.8 Å². The number of nitrogens with two attached hydrogens (primary N) is 1. The van der Waals surface area contributed by atoms with Crippen molar-refractivity contribution in [2.75, 3.05) is 13.1 Å². The maximum Gasteiger partial charge on any atom is 0.254 e. The van der Waals surface area contributed by atoms with Crippen molar-refractivity contribution < 1.29 is 9.53 Å². The number of ether oxygens (including phenoxy) is 1. The van der Waals surface area contributed by atoms with Crippen LogP contribution in [0.3, 0.4) is 0 Å². The minimum Gasteiger partial charge on any atom is -0.489 e. The number of halogens is 2. The van der Waals surface area contributed by atoms with Gasteiger partial charge in [-0.2, -0.15) is 0 Å². The van der Waals surface area contributed by atoms with Crippen LogP contribution in [0.25, 0.3) is 0 Å². The number of amides is 1. The van der Waals surface area contributed by atoms with E-state index in [0.717, 1.165) is 18.5 Å². The molecule has 0 bridgehead atoms. The largest absolute Gasteiger partial charge is 0.489 e. The highest BCUT2D eigenvalue weighted by atomic mass is 35.5. The van der Waals surface area contributed by atoms with Crippen molar-refractivity contribution in [1.29, 1.82) is 0 Å². The number of pyridine rings is 1. The topological polar surface area (TPSA) is 68.5 Å². The quantitative estimate of drug-likeness (QED) is 0.839. The van der Waals surface area contributed by atoms with E-state index >= 15 is 0 Å². The van der Waals surface area contributed by atoms with Crippen LogP contribution in [-0.4, -0.2) is 34.9 Å². The van der Waals surface area contributed by atoms with Crippen molar-refractivity contribution in [3.05, 3.63) is 59.9 Å². The molecule has 1 aromatic carbocycles. The molecule has 1 fully saturated rings. The summed E-state index contributed by atoms with van der Waals surface area (Å²) in [5.74, 6) is 1.13. The third-order valence-electron chi connectivity index (χ3n) is 4.46. The molecular formula is C19H25Cl2N3O2. The number of likely N-dealkylation sites (tertiary alicyclic amines) is 1. The fraction of sp³-hybridized carbons (Fsp3) is 0.368. The maximum atomic E-state index is 12.8. The lowest BCUT2D eigenvalue weighted by Crippen LogP contribution is -2.34. The van der Waals surface area contributed by atoms with Crippen molar-refractivity contribution >= 4 is 30.7 Å². The highest BCUT2D eigenvalue weighted by Gasteiger charge is 2.32. The van der Waals surface area contributed by atoms with Gasteiger partial charge in [0.25, 0.3) is 5.91 Å². The number of hydrogen-bond donors (Lipinski definition) is 1. The zero-order valence-electron chi connectivity index (χ0n) is 14.7. The van der Waals surface area contributed by atoms with E-state index in [4.69, 9.17) is 10.5 Å². The molecule has 1 aliphatic heterocycles. The van der Waals surface area contributed by atoms with Gasteiger partial charge in [-0.3, -0.25) is 9.78 Å². The Hall–Kier alpha value is -1.82. The van der Waals surface area contributed by atoms with Crippen LogP contribution in [0.5, 0.6) is 5.75 Å². The Morgan fingerprint density at radius 1 is 1.31 bits per heavy atom. The normalized spacial score (nSPS) is 18.6. The number of carbonyl (C=O) groups is 1. The van der Waals surface area contributed by atoms with Crippen LogP contribution in [-0.2, 0) is 6.61 Å². The lowest BCUT2D eigenvalue weighted by molar-refractivity contribution is 0.0743. The Kier molecular flexibility index (Phi) is 8.85. The van der Waals surface area contributed by atoms with Gasteiger partial charge in [0.1, 0.15) is 12.4 Å². The van der Waals surface area contributed by atoms with Gasteiger partial charge >= 0.3 is 0 Å². The van der Waals surface area contributed by atoms with Crippen molar-refractivity contribution in [2.45, 2.75) is 26.0 Å². The summed E-state index contributed by atoms with van der Waals surface area (Å²) in [5.41, 5.74) is 7.40. The molecule has 26 heavy (non-hydrogen) atoms. The van der Waals surface area contributed by atoms with Crippen LogP contribution in [0.2, 0.25) is 0 Å². The lowest BCUT2D eigenvalue weighted by atomic mass is 10.1. The van der Waals surface area contributed by atoms with Crippen LogP contribution in [0.4, 0.5) is 0 Å². The monoisotopic (exact) mass is 397 g/mol. The molecule has 5 nitrogen and oxygen atoms in total. The molecule has 1 aliphatic rings. The summed E-state index contributed by atoms with van der Waals surface area (Å²) in [7, 11) is 0. The first-order valence-corrected chi connectivity index (χ1v) is 8.30. The van der Waals surface area contributed by atoms with E-state index in [0.29, 0.717) is 30.4 Å². The van der Waals surface area contributed by atoms with Gasteiger partial charge in [-0.05, 0) is 50.1 Å². The van der Waals surface area contributed by atoms with E-state index in [-0.39, 0.29) is 36.8 Å². The van der Waals surface area contributed by atoms with Crippen molar-refractivity contribution in [2.24, 2.45) is 11.7 Å². The molecule has 1 saturated heterocycles. The highest BCUT2D eigenvalue weighted by molar-refractivity contribution is 5.95. The molecule has 1 amide bonds. The lowest BCUT2D eigenvalue weighted by Gasteiger charge is -2.21. The summed E-state index contributed by atoms with van der Waals surface area (Å²) in [6, 6.07) is 11.4. The van der Waals surface area contributed by atoms with Gasteiger partial charge in [-0.25, -0.2) is 0 Å². The third-order valence-corrected chi connectivity index (χ3v) is 4.46. The van der Waals surface area contributed by atoms with Gasteiger partial charge in [0.15, 0.2) is 0 Å². The average Bonchev–Trinajstić information content (AvgIpc) is 3.01. The number of hydrogen-bond acceptors (Lipinski definition) is 4. The highest BCUT2D eigenvalue weighted by Crippen LogP contribution is 2.25. The summed E-state index contributed by atoms with van der Waals surface area (Å²) in [6.07, 6.45) is 4.47. The van der Waals surface area contributed by atoms with E-state index in [2.05, 4.69) is 11.9 Å². The molecule has 2 N–H and O–H groups in total. The van der Waals surface area contributed by atoms with Crippen LogP contribution >= 0.6 is 24.8 Å². The van der Waals surface area contributed by atoms with Gasteiger partial charge in [0, 0.05) is 36.1 Å². The molecule has 2 aromatic rings. The fourth-order valence-electron chi connectivity index (χ4n) is 3.13. The summed E-state index contributed by atoms with van der Waals surface area (Å²) in [4.78, 5) is 18.7. The third kappa shape index (κ3) is 5.34. The zero-order chi connectivity index (χ0) is 16.9. The predicted octanol–water partition coefficient (Wildman–Crippen LogP) is 3.31. The molecule has 2 heterocycles. The molecule has 0 aliphatic carbocycles. The van der Waals surface area contributed by atoms with E-state index < -0.39 is 0 Å². The van der Waals surface area contributed by atoms with Crippen LogP contribution in [0.1, 0.15) is 29.3 Å². The Morgan fingerprint density at radius 2 is 2.12 bits per heavy atom. The Bertz CT molecular complexity index is 700. The maximum absolute atomic E-state index is 12.8. The Morgan fingerprint density at radius 3 is 2.77 bits per heavy atom. The molecule has 0 spiro atoms. The first-order chi connectivity index (χ1) is 11.7. The van der Waals surface area contributed by atoms with Gasteiger partial charge in [0.2, 0.25) is 0 Å². The minimum absolute atomic E-state index is 0. The van der Waals surface area contributed by atoms with Crippen LogP contribution < -0.4 is 10.5 Å². The second-order valence-electron chi connectivity index (χ2n) is 6.32. The number of benzene rings is 1. The van der Waals surface area contributed by atoms with Gasteiger partial charge in [-0.1, -0.05) is 12.1 Å². The first kappa shape index (κ1) is 22.2. The van der Waals surface area contributed by atoms with E-state index in [9.17, 15) is 4.79 Å². The number of carbonyl (C=O) groups excluding carboxylic acids is 1. The van der Waals surface area contributed by atoms with Gasteiger partial charge < -0.3 is 15.4 Å². The van der Waals surface area contributed by atoms with Crippen molar-refractivity contribution in [3.63, 3.8) is 0 Å². The SMILES string of the molecule is CC1CC(CN)CN1C(=O)c1cccc(OCc2cccnc2)c1.Cl.Cl. The van der Waals surface area contributed by atoms with E-state index in [1.807, 2.05) is 35.2 Å². The first-order valence-electron chi connectivity index (χ1n) is 8.30. The van der Waals surface area contributed by atoms with Crippen molar-refractivity contribution in [1.82, 2.24) is 9.88 Å². The summed E-state index contributed by atoms with van der Waals surface area (Å²) < 4.78 is 5.78. The number of aromatic nitrogens is 1. The summed E-state index contributed by atoms with van der Waals surface area (Å²) in [6.45, 7) is 3.87. The molecule has 142 valence electrons.